The van der Waals surface area contributed by atoms with Crippen molar-refractivity contribution in [1.29, 1.82) is 0 Å². The Morgan fingerprint density at radius 2 is 1.78 bits per heavy atom. The zero-order chi connectivity index (χ0) is 19.3. The van der Waals surface area contributed by atoms with Gasteiger partial charge >= 0.3 is 6.36 Å². The number of nitrogens with zero attached hydrogens (tertiary/aromatic N) is 2. The molecule has 0 amide bonds. The number of nitrogens with one attached hydrogen (secondary N) is 1. The van der Waals surface area contributed by atoms with Crippen molar-refractivity contribution in [3.05, 3.63) is 77.4 Å². The molecular weight excluding hydrogens is 359 g/mol. The molecule has 1 N–H and O–H groups in total. The molecule has 0 saturated heterocycles. The van der Waals surface area contributed by atoms with Crippen LogP contribution in [0.2, 0.25) is 0 Å². The van der Waals surface area contributed by atoms with Crippen molar-refractivity contribution in [3.8, 4) is 5.75 Å². The molecule has 0 saturated carbocycles. The second-order valence-electron chi connectivity index (χ2n) is 5.97. The molecule has 0 aliphatic heterocycles. The second kappa shape index (κ2) is 8.22. The first-order chi connectivity index (χ1) is 12.9. The van der Waals surface area contributed by atoms with E-state index in [0.29, 0.717) is 23.7 Å². The monoisotopic (exact) mass is 377 g/mol. The Labute approximate surface area is 154 Å². The molecule has 0 fully saturated rings. The number of benzene rings is 2. The summed E-state index contributed by atoms with van der Waals surface area (Å²) in [5, 5.41) is 7.03. The van der Waals surface area contributed by atoms with E-state index < -0.39 is 6.36 Å². The van der Waals surface area contributed by atoms with E-state index in [0.717, 1.165) is 5.56 Å². The van der Waals surface area contributed by atoms with Gasteiger partial charge in [-0.25, -0.2) is 0 Å². The summed E-state index contributed by atoms with van der Waals surface area (Å²) >= 11 is 0. The van der Waals surface area contributed by atoms with Gasteiger partial charge in [0.25, 0.3) is 0 Å². The number of aromatic nitrogens is 2. The van der Waals surface area contributed by atoms with Gasteiger partial charge in [0.05, 0.1) is 6.04 Å². The van der Waals surface area contributed by atoms with Crippen LogP contribution in [0.4, 0.5) is 13.2 Å². The van der Waals surface area contributed by atoms with E-state index in [1.54, 1.807) is 19.1 Å². The van der Waals surface area contributed by atoms with E-state index >= 15 is 0 Å². The molecule has 27 heavy (non-hydrogen) atoms. The zero-order valence-electron chi connectivity index (χ0n) is 14.5. The minimum Gasteiger partial charge on any atom is -0.405 e. The van der Waals surface area contributed by atoms with Gasteiger partial charge in [0, 0.05) is 18.5 Å². The van der Waals surface area contributed by atoms with Crippen LogP contribution < -0.4 is 10.1 Å². The number of ether oxygens (including phenoxy) is 1. The lowest BCUT2D eigenvalue weighted by Gasteiger charge is -2.15. The lowest BCUT2D eigenvalue weighted by molar-refractivity contribution is -0.274. The van der Waals surface area contributed by atoms with Gasteiger partial charge in [-0.05, 0) is 18.6 Å². The highest BCUT2D eigenvalue weighted by Crippen LogP contribution is 2.26. The fraction of sp³-hybridized carbons (Fsp3) is 0.263. The maximum atomic E-state index is 12.5. The Morgan fingerprint density at radius 3 is 2.52 bits per heavy atom. The summed E-state index contributed by atoms with van der Waals surface area (Å²) in [7, 11) is 0. The van der Waals surface area contributed by atoms with Crippen LogP contribution in [0.3, 0.4) is 0 Å². The molecule has 1 heterocycles. The van der Waals surface area contributed by atoms with Crippen LogP contribution in [0.1, 0.15) is 35.8 Å². The van der Waals surface area contributed by atoms with Gasteiger partial charge in [-0.15, -0.1) is 13.2 Å². The fourth-order valence-electron chi connectivity index (χ4n) is 2.52. The van der Waals surface area contributed by atoms with Crippen molar-refractivity contribution in [2.45, 2.75) is 32.3 Å². The first kappa shape index (κ1) is 18.9. The van der Waals surface area contributed by atoms with Crippen LogP contribution >= 0.6 is 0 Å². The van der Waals surface area contributed by atoms with Crippen molar-refractivity contribution in [2.75, 3.05) is 0 Å². The molecule has 142 valence electrons. The molecule has 1 unspecified atom stereocenters. The maximum absolute atomic E-state index is 12.5. The Kier molecular flexibility index (Phi) is 5.75. The van der Waals surface area contributed by atoms with Gasteiger partial charge in [-0.2, -0.15) is 4.98 Å². The maximum Gasteiger partial charge on any atom is 0.573 e. The van der Waals surface area contributed by atoms with Crippen molar-refractivity contribution in [1.82, 2.24) is 15.5 Å². The molecule has 8 heteroatoms. The molecule has 0 radical (unpaired) electrons. The molecule has 1 atom stereocenters. The second-order valence-corrected chi connectivity index (χ2v) is 5.97. The van der Waals surface area contributed by atoms with Crippen LogP contribution in [0.5, 0.6) is 5.75 Å². The fourth-order valence-corrected chi connectivity index (χ4v) is 2.52. The van der Waals surface area contributed by atoms with Gasteiger partial charge in [0.1, 0.15) is 5.75 Å². The van der Waals surface area contributed by atoms with Crippen molar-refractivity contribution < 1.29 is 22.4 Å². The Morgan fingerprint density at radius 1 is 1.07 bits per heavy atom. The summed E-state index contributed by atoms with van der Waals surface area (Å²) in [6.07, 6.45) is -4.19. The molecule has 0 bridgehead atoms. The summed E-state index contributed by atoms with van der Waals surface area (Å²) in [5.41, 5.74) is 1.44. The Balaban J connectivity index is 1.61. The average molecular weight is 377 g/mol. The van der Waals surface area contributed by atoms with Crippen molar-refractivity contribution in [3.63, 3.8) is 0 Å². The number of rotatable bonds is 7. The normalized spacial score (nSPS) is 12.7. The van der Waals surface area contributed by atoms with Gasteiger partial charge in [0.2, 0.25) is 5.89 Å². The lowest BCUT2D eigenvalue weighted by atomic mass is 10.1. The van der Waals surface area contributed by atoms with Crippen LogP contribution in [0, 0.1) is 0 Å². The molecule has 0 spiro atoms. The average Bonchev–Trinajstić information content (AvgIpc) is 3.09. The number of para-hydroxylation sites is 1. The van der Waals surface area contributed by atoms with Gasteiger partial charge in [-0.1, -0.05) is 53.7 Å². The molecule has 3 aromatic rings. The molecule has 5 nitrogen and oxygen atoms in total. The number of hydrogen-bond donors (Lipinski definition) is 1. The highest BCUT2D eigenvalue weighted by atomic mass is 19.4. The summed E-state index contributed by atoms with van der Waals surface area (Å²) in [6.45, 7) is 1.96. The van der Waals surface area contributed by atoms with Crippen LogP contribution in [-0.2, 0) is 13.0 Å². The van der Waals surface area contributed by atoms with Crippen LogP contribution in [0.25, 0.3) is 0 Å². The topological polar surface area (TPSA) is 60.2 Å². The third-order valence-corrected chi connectivity index (χ3v) is 3.86. The molecule has 0 aliphatic carbocycles. The Hall–Kier alpha value is -2.87. The summed E-state index contributed by atoms with van der Waals surface area (Å²) in [6, 6.07) is 15.4. The van der Waals surface area contributed by atoms with E-state index in [1.165, 1.54) is 12.1 Å². The summed E-state index contributed by atoms with van der Waals surface area (Å²) in [5.74, 6) is 0.681. The molecule has 1 aromatic heterocycles. The largest absolute Gasteiger partial charge is 0.573 e. The molecular formula is C19H18F3N3O2. The third kappa shape index (κ3) is 5.55. The SMILES string of the molecule is CC(NCc1ccccc1OC(F)(F)F)c1nc(Cc2ccccc2)no1. The van der Waals surface area contributed by atoms with Crippen molar-refractivity contribution in [2.24, 2.45) is 0 Å². The van der Waals surface area contributed by atoms with Crippen LogP contribution in [-0.4, -0.2) is 16.5 Å². The highest BCUT2D eigenvalue weighted by molar-refractivity contribution is 5.33. The first-order valence-corrected chi connectivity index (χ1v) is 8.34. The minimum absolute atomic E-state index is 0.157. The van der Waals surface area contributed by atoms with Gasteiger partial charge in [-0.3, -0.25) is 0 Å². The van der Waals surface area contributed by atoms with Crippen LogP contribution in [0.15, 0.2) is 59.1 Å². The zero-order valence-corrected chi connectivity index (χ0v) is 14.5. The highest BCUT2D eigenvalue weighted by Gasteiger charge is 2.32. The Bertz CT molecular complexity index is 866. The number of halogens is 3. The molecule has 0 aliphatic rings. The number of hydrogen-bond acceptors (Lipinski definition) is 5. The number of alkyl halides is 3. The van der Waals surface area contributed by atoms with E-state index in [2.05, 4.69) is 20.2 Å². The van der Waals surface area contributed by atoms with Gasteiger partial charge in [0.15, 0.2) is 5.82 Å². The van der Waals surface area contributed by atoms with E-state index in [9.17, 15) is 13.2 Å². The summed E-state index contributed by atoms with van der Waals surface area (Å²) < 4.78 is 46.8. The van der Waals surface area contributed by atoms with Crippen molar-refractivity contribution >= 4 is 0 Å². The smallest absolute Gasteiger partial charge is 0.405 e. The predicted octanol–water partition coefficient (Wildman–Crippen LogP) is 4.41. The van der Waals surface area contributed by atoms with E-state index in [-0.39, 0.29) is 18.3 Å². The molecule has 2 aromatic carbocycles. The van der Waals surface area contributed by atoms with E-state index in [1.807, 2.05) is 30.3 Å². The summed E-state index contributed by atoms with van der Waals surface area (Å²) in [4.78, 5) is 4.35. The standard InChI is InChI=1S/C19H18F3N3O2/c1-13(18-24-17(25-27-18)11-14-7-3-2-4-8-14)23-12-15-9-5-6-10-16(15)26-19(20,21)22/h2-10,13,23H,11-12H2,1H3. The van der Waals surface area contributed by atoms with Gasteiger partial charge < -0.3 is 14.6 Å². The molecule has 3 rings (SSSR count). The quantitative estimate of drug-likeness (QED) is 0.661. The lowest BCUT2D eigenvalue weighted by Crippen LogP contribution is -2.21. The predicted molar refractivity (Wildman–Crippen MR) is 91.9 cm³/mol. The van der Waals surface area contributed by atoms with E-state index in [4.69, 9.17) is 4.52 Å². The third-order valence-electron chi connectivity index (χ3n) is 3.86. The minimum atomic E-state index is -4.74. The first-order valence-electron chi connectivity index (χ1n) is 8.34.